The SMILES string of the molecule is O=C(O)C1CCCN1C(c1ccc(F)cc1)c1ccc2cnccc2c1. The van der Waals surface area contributed by atoms with E-state index in [1.807, 2.05) is 29.3 Å². The van der Waals surface area contributed by atoms with Crippen molar-refractivity contribution in [3.63, 3.8) is 0 Å². The third kappa shape index (κ3) is 3.06. The summed E-state index contributed by atoms with van der Waals surface area (Å²) >= 11 is 0. The van der Waals surface area contributed by atoms with Gasteiger partial charge in [-0.15, -0.1) is 0 Å². The second-order valence-electron chi connectivity index (χ2n) is 6.67. The van der Waals surface area contributed by atoms with Crippen LogP contribution in [0.1, 0.15) is 30.0 Å². The molecule has 0 aliphatic carbocycles. The fourth-order valence-electron chi connectivity index (χ4n) is 3.86. The summed E-state index contributed by atoms with van der Waals surface area (Å²) in [7, 11) is 0. The van der Waals surface area contributed by atoms with Gasteiger partial charge >= 0.3 is 5.97 Å². The Morgan fingerprint density at radius 3 is 2.65 bits per heavy atom. The molecule has 0 amide bonds. The normalized spacial score (nSPS) is 18.9. The first-order valence-corrected chi connectivity index (χ1v) is 8.71. The third-order valence-corrected chi connectivity index (χ3v) is 5.08. The lowest BCUT2D eigenvalue weighted by molar-refractivity contribution is -0.142. The van der Waals surface area contributed by atoms with Crippen LogP contribution in [-0.2, 0) is 4.79 Å². The molecule has 1 aliphatic heterocycles. The van der Waals surface area contributed by atoms with Gasteiger partial charge < -0.3 is 5.11 Å². The molecule has 132 valence electrons. The van der Waals surface area contributed by atoms with Crippen LogP contribution in [0, 0.1) is 5.82 Å². The highest BCUT2D eigenvalue weighted by Crippen LogP contribution is 2.36. The molecule has 4 rings (SSSR count). The maximum Gasteiger partial charge on any atom is 0.320 e. The van der Waals surface area contributed by atoms with Crippen molar-refractivity contribution >= 4 is 16.7 Å². The Labute approximate surface area is 150 Å². The number of rotatable bonds is 4. The smallest absolute Gasteiger partial charge is 0.320 e. The number of pyridine rings is 1. The first-order chi connectivity index (χ1) is 12.6. The van der Waals surface area contributed by atoms with Crippen LogP contribution in [0.5, 0.6) is 0 Å². The summed E-state index contributed by atoms with van der Waals surface area (Å²) < 4.78 is 13.4. The molecule has 4 nitrogen and oxygen atoms in total. The molecule has 0 spiro atoms. The van der Waals surface area contributed by atoms with Crippen molar-refractivity contribution in [3.05, 3.63) is 77.9 Å². The van der Waals surface area contributed by atoms with Gasteiger partial charge in [-0.05, 0) is 53.6 Å². The molecule has 2 heterocycles. The molecule has 5 heteroatoms. The second kappa shape index (κ2) is 6.84. The molecule has 1 fully saturated rings. The average molecular weight is 350 g/mol. The van der Waals surface area contributed by atoms with Crippen LogP contribution in [0.3, 0.4) is 0 Å². The van der Waals surface area contributed by atoms with Gasteiger partial charge in [-0.2, -0.15) is 0 Å². The highest BCUT2D eigenvalue weighted by Gasteiger charge is 2.36. The van der Waals surface area contributed by atoms with E-state index >= 15 is 0 Å². The van der Waals surface area contributed by atoms with Crippen LogP contribution in [0.25, 0.3) is 10.8 Å². The average Bonchev–Trinajstić information content (AvgIpc) is 3.13. The molecule has 2 aromatic carbocycles. The first kappa shape index (κ1) is 16.7. The molecule has 1 N–H and O–H groups in total. The molecule has 0 saturated carbocycles. The molecule has 0 bridgehead atoms. The fraction of sp³-hybridized carbons (Fsp3) is 0.238. The second-order valence-corrected chi connectivity index (χ2v) is 6.67. The van der Waals surface area contributed by atoms with Gasteiger partial charge in [0.25, 0.3) is 0 Å². The molecular formula is C21H19FN2O2. The maximum absolute atomic E-state index is 13.4. The predicted molar refractivity (Wildman–Crippen MR) is 97.3 cm³/mol. The van der Waals surface area contributed by atoms with Gasteiger partial charge in [0.2, 0.25) is 0 Å². The number of halogens is 1. The monoisotopic (exact) mass is 350 g/mol. The first-order valence-electron chi connectivity index (χ1n) is 8.71. The van der Waals surface area contributed by atoms with E-state index in [1.165, 1.54) is 12.1 Å². The molecule has 26 heavy (non-hydrogen) atoms. The molecule has 1 aliphatic rings. The van der Waals surface area contributed by atoms with Gasteiger partial charge in [-0.1, -0.05) is 24.3 Å². The van der Waals surface area contributed by atoms with Gasteiger partial charge in [0, 0.05) is 24.3 Å². The van der Waals surface area contributed by atoms with Crippen LogP contribution < -0.4 is 0 Å². The largest absolute Gasteiger partial charge is 0.480 e. The third-order valence-electron chi connectivity index (χ3n) is 5.08. The quantitative estimate of drug-likeness (QED) is 0.772. The number of aliphatic carboxylic acids is 1. The van der Waals surface area contributed by atoms with E-state index in [2.05, 4.69) is 11.1 Å². The van der Waals surface area contributed by atoms with E-state index in [0.29, 0.717) is 13.0 Å². The Balaban J connectivity index is 1.83. The molecule has 0 radical (unpaired) electrons. The van der Waals surface area contributed by atoms with Crippen molar-refractivity contribution in [3.8, 4) is 0 Å². The number of carboxylic acids is 1. The maximum atomic E-state index is 13.4. The topological polar surface area (TPSA) is 53.4 Å². The van der Waals surface area contributed by atoms with Crippen molar-refractivity contribution in [2.45, 2.75) is 24.9 Å². The van der Waals surface area contributed by atoms with Crippen molar-refractivity contribution in [2.24, 2.45) is 0 Å². The molecule has 1 saturated heterocycles. The summed E-state index contributed by atoms with van der Waals surface area (Å²) in [5, 5.41) is 11.7. The van der Waals surface area contributed by atoms with Crippen LogP contribution >= 0.6 is 0 Å². The number of carboxylic acid groups (broad SMARTS) is 1. The molecular weight excluding hydrogens is 331 g/mol. The van der Waals surface area contributed by atoms with Crippen LogP contribution in [-0.4, -0.2) is 33.5 Å². The van der Waals surface area contributed by atoms with E-state index in [9.17, 15) is 14.3 Å². The van der Waals surface area contributed by atoms with E-state index < -0.39 is 12.0 Å². The summed E-state index contributed by atoms with van der Waals surface area (Å²) in [5.41, 5.74) is 1.90. The summed E-state index contributed by atoms with van der Waals surface area (Å²) in [5.74, 6) is -1.10. The van der Waals surface area contributed by atoms with Gasteiger partial charge in [-0.25, -0.2) is 4.39 Å². The van der Waals surface area contributed by atoms with Gasteiger partial charge in [0.15, 0.2) is 0 Å². The summed E-state index contributed by atoms with van der Waals surface area (Å²) in [6.07, 6.45) is 5.02. The summed E-state index contributed by atoms with van der Waals surface area (Å²) in [6, 6.07) is 13.6. The lowest BCUT2D eigenvalue weighted by Gasteiger charge is -2.32. The highest BCUT2D eigenvalue weighted by atomic mass is 19.1. The minimum absolute atomic E-state index is 0.225. The number of likely N-dealkylation sites (tertiary alicyclic amines) is 1. The predicted octanol–water partition coefficient (Wildman–Crippen LogP) is 4.01. The Bertz CT molecular complexity index is 942. The van der Waals surface area contributed by atoms with Crippen molar-refractivity contribution in [2.75, 3.05) is 6.54 Å². The number of hydrogen-bond donors (Lipinski definition) is 1. The number of fused-ring (bicyclic) bond motifs is 1. The van der Waals surface area contributed by atoms with Crippen molar-refractivity contribution in [1.29, 1.82) is 0 Å². The standard InChI is InChI=1S/C21H19FN2O2/c22-18-7-5-14(6-8-18)20(24-11-1-2-19(24)21(25)26)16-3-4-17-13-23-10-9-15(17)12-16/h3-10,12-13,19-20H,1-2,11H2,(H,25,26). The van der Waals surface area contributed by atoms with E-state index in [-0.39, 0.29) is 11.9 Å². The number of hydrogen-bond acceptors (Lipinski definition) is 3. The molecule has 2 atom stereocenters. The Kier molecular flexibility index (Phi) is 4.39. The van der Waals surface area contributed by atoms with Gasteiger partial charge in [0.1, 0.15) is 11.9 Å². The molecule has 1 aromatic heterocycles. The minimum Gasteiger partial charge on any atom is -0.480 e. The van der Waals surface area contributed by atoms with E-state index in [4.69, 9.17) is 0 Å². The van der Waals surface area contributed by atoms with Gasteiger partial charge in [-0.3, -0.25) is 14.7 Å². The fourth-order valence-corrected chi connectivity index (χ4v) is 3.86. The van der Waals surface area contributed by atoms with Crippen LogP contribution in [0.2, 0.25) is 0 Å². The lowest BCUT2D eigenvalue weighted by atomic mass is 9.94. The van der Waals surface area contributed by atoms with Crippen molar-refractivity contribution < 1.29 is 14.3 Å². The number of carbonyl (C=O) groups is 1. The highest BCUT2D eigenvalue weighted by molar-refractivity contribution is 5.82. The van der Waals surface area contributed by atoms with Crippen molar-refractivity contribution in [1.82, 2.24) is 9.88 Å². The van der Waals surface area contributed by atoms with E-state index in [1.54, 1.807) is 18.3 Å². The molecule has 3 aromatic rings. The zero-order chi connectivity index (χ0) is 18.1. The van der Waals surface area contributed by atoms with E-state index in [0.717, 1.165) is 28.3 Å². The number of nitrogens with zero attached hydrogens (tertiary/aromatic N) is 2. The van der Waals surface area contributed by atoms with Crippen LogP contribution in [0.15, 0.2) is 60.9 Å². The molecule has 2 unspecified atom stereocenters. The number of aromatic nitrogens is 1. The minimum atomic E-state index is -0.806. The lowest BCUT2D eigenvalue weighted by Crippen LogP contribution is -2.39. The zero-order valence-corrected chi connectivity index (χ0v) is 14.2. The number of benzene rings is 2. The zero-order valence-electron chi connectivity index (χ0n) is 14.2. The summed E-state index contributed by atoms with van der Waals surface area (Å²) in [6.45, 7) is 0.702. The van der Waals surface area contributed by atoms with Crippen LogP contribution in [0.4, 0.5) is 4.39 Å². The Morgan fingerprint density at radius 2 is 1.88 bits per heavy atom. The Morgan fingerprint density at radius 1 is 1.12 bits per heavy atom. The van der Waals surface area contributed by atoms with Gasteiger partial charge in [0.05, 0.1) is 6.04 Å². The summed E-state index contributed by atoms with van der Waals surface area (Å²) in [4.78, 5) is 17.9. The Hall–Kier alpha value is -2.79.